The zero-order chi connectivity index (χ0) is 18.8. The van der Waals surface area contributed by atoms with Crippen molar-refractivity contribution in [3.05, 3.63) is 17.0 Å². The first-order chi connectivity index (χ1) is 11.5. The monoisotopic (exact) mass is 380 g/mol. The van der Waals surface area contributed by atoms with Crippen LogP contribution in [-0.2, 0) is 10.9 Å². The van der Waals surface area contributed by atoms with Gasteiger partial charge in [-0.05, 0) is 45.2 Å². The maximum absolute atomic E-state index is 13.1. The molecule has 1 aliphatic heterocycles. The van der Waals surface area contributed by atoms with Crippen LogP contribution < -0.4 is 5.32 Å². The van der Waals surface area contributed by atoms with E-state index in [9.17, 15) is 18.0 Å². The Hall–Kier alpha value is -1.77. The Balaban J connectivity index is 2.11. The van der Waals surface area contributed by atoms with Crippen molar-refractivity contribution >= 4 is 23.5 Å². The van der Waals surface area contributed by atoms with Gasteiger partial charge in [0.2, 0.25) is 5.28 Å². The Bertz CT molecular complexity index is 634. The molecule has 0 radical (unpaired) electrons. The lowest BCUT2D eigenvalue weighted by molar-refractivity contribution is -0.137. The molecule has 10 heteroatoms. The number of aromatic nitrogens is 2. The predicted octanol–water partition coefficient (Wildman–Crippen LogP) is 3.96. The average Bonchev–Trinajstić information content (AvgIpc) is 2.44. The van der Waals surface area contributed by atoms with Crippen LogP contribution >= 0.6 is 11.6 Å². The van der Waals surface area contributed by atoms with Gasteiger partial charge in [0.05, 0.1) is 0 Å². The second kappa shape index (κ2) is 7.23. The third kappa shape index (κ3) is 5.62. The lowest BCUT2D eigenvalue weighted by Crippen LogP contribution is -2.47. The van der Waals surface area contributed by atoms with Crippen LogP contribution in [0.2, 0.25) is 5.28 Å². The summed E-state index contributed by atoms with van der Waals surface area (Å²) in [5, 5.41) is 2.46. The number of ether oxygens (including phenoxy) is 1. The van der Waals surface area contributed by atoms with Crippen molar-refractivity contribution < 1.29 is 22.7 Å². The van der Waals surface area contributed by atoms with Crippen LogP contribution in [0.15, 0.2) is 6.20 Å². The third-order valence-electron chi connectivity index (χ3n) is 3.48. The number of carbonyl (C=O) groups excluding carboxylic acids is 1. The van der Waals surface area contributed by atoms with E-state index in [4.69, 9.17) is 16.3 Å². The highest BCUT2D eigenvalue weighted by atomic mass is 35.5. The summed E-state index contributed by atoms with van der Waals surface area (Å²) in [4.78, 5) is 20.7. The number of likely N-dealkylation sites (tertiary alicyclic amines) is 1. The van der Waals surface area contributed by atoms with E-state index in [1.807, 2.05) is 0 Å². The van der Waals surface area contributed by atoms with E-state index in [0.717, 1.165) is 0 Å². The number of anilines is 1. The van der Waals surface area contributed by atoms with Crippen LogP contribution in [0.25, 0.3) is 0 Å². The Kier molecular flexibility index (Phi) is 5.65. The molecule has 0 saturated carbocycles. The minimum atomic E-state index is -4.60. The SMILES string of the molecule is CC(C)(C)OC(=O)N1CCCC(Nc2nc(Cl)ncc2C(F)(F)F)C1. The van der Waals surface area contributed by atoms with Crippen LogP contribution in [0.3, 0.4) is 0 Å². The first-order valence-corrected chi connectivity index (χ1v) is 8.18. The van der Waals surface area contributed by atoms with Crippen molar-refractivity contribution in [1.29, 1.82) is 0 Å². The molecular weight excluding hydrogens is 361 g/mol. The molecule has 1 N–H and O–H groups in total. The van der Waals surface area contributed by atoms with E-state index in [2.05, 4.69) is 15.3 Å². The van der Waals surface area contributed by atoms with E-state index < -0.39 is 29.5 Å². The van der Waals surface area contributed by atoms with Gasteiger partial charge in [0.1, 0.15) is 17.0 Å². The third-order valence-corrected chi connectivity index (χ3v) is 3.66. The summed E-state index contributed by atoms with van der Waals surface area (Å²) >= 11 is 5.62. The van der Waals surface area contributed by atoms with Crippen molar-refractivity contribution in [1.82, 2.24) is 14.9 Å². The lowest BCUT2D eigenvalue weighted by atomic mass is 10.1. The Morgan fingerprint density at radius 1 is 1.40 bits per heavy atom. The van der Waals surface area contributed by atoms with Crippen molar-refractivity contribution in [3.63, 3.8) is 0 Å². The van der Waals surface area contributed by atoms with Gasteiger partial charge in [0.15, 0.2) is 0 Å². The number of rotatable bonds is 2. The molecule has 2 heterocycles. The molecule has 1 atom stereocenters. The molecule has 1 aromatic heterocycles. The lowest BCUT2D eigenvalue weighted by Gasteiger charge is -2.34. The summed E-state index contributed by atoms with van der Waals surface area (Å²) in [6.07, 6.45) is -3.22. The molecule has 140 valence electrons. The molecule has 0 aromatic carbocycles. The first kappa shape index (κ1) is 19.6. The largest absolute Gasteiger partial charge is 0.444 e. The highest BCUT2D eigenvalue weighted by molar-refractivity contribution is 6.28. The van der Waals surface area contributed by atoms with Gasteiger partial charge in [-0.3, -0.25) is 0 Å². The summed E-state index contributed by atoms with van der Waals surface area (Å²) in [6, 6.07) is -0.395. The number of piperidine rings is 1. The van der Waals surface area contributed by atoms with Crippen LogP contribution in [0, 0.1) is 0 Å². The van der Waals surface area contributed by atoms with Crippen molar-refractivity contribution in [2.45, 2.75) is 51.4 Å². The fourth-order valence-corrected chi connectivity index (χ4v) is 2.59. The minimum Gasteiger partial charge on any atom is -0.444 e. The van der Waals surface area contributed by atoms with Crippen LogP contribution in [-0.4, -0.2) is 45.7 Å². The Labute approximate surface area is 148 Å². The molecule has 1 aromatic rings. The zero-order valence-electron chi connectivity index (χ0n) is 14.2. The summed E-state index contributed by atoms with van der Waals surface area (Å²) in [6.45, 7) is 5.97. The summed E-state index contributed by atoms with van der Waals surface area (Å²) in [7, 11) is 0. The van der Waals surface area contributed by atoms with Crippen LogP contribution in [0.1, 0.15) is 39.2 Å². The molecule has 6 nitrogen and oxygen atoms in total. The fourth-order valence-electron chi connectivity index (χ4n) is 2.46. The van der Waals surface area contributed by atoms with Crippen molar-refractivity contribution in [3.8, 4) is 0 Å². The first-order valence-electron chi connectivity index (χ1n) is 7.80. The molecule has 1 saturated heterocycles. The second-order valence-electron chi connectivity index (χ2n) is 6.81. The average molecular weight is 381 g/mol. The number of amides is 1. The molecular formula is C15H20ClF3N4O2. The number of hydrogen-bond acceptors (Lipinski definition) is 5. The number of halogens is 4. The molecule has 0 bridgehead atoms. The second-order valence-corrected chi connectivity index (χ2v) is 7.15. The maximum Gasteiger partial charge on any atom is 0.421 e. The summed E-state index contributed by atoms with van der Waals surface area (Å²) in [5.41, 5.74) is -1.63. The molecule has 25 heavy (non-hydrogen) atoms. The zero-order valence-corrected chi connectivity index (χ0v) is 14.9. The van der Waals surface area contributed by atoms with Gasteiger partial charge in [0, 0.05) is 25.3 Å². The van der Waals surface area contributed by atoms with E-state index in [1.165, 1.54) is 4.90 Å². The number of alkyl halides is 3. The van der Waals surface area contributed by atoms with Crippen LogP contribution in [0.5, 0.6) is 0 Å². The quantitative estimate of drug-likeness (QED) is 0.786. The smallest absolute Gasteiger partial charge is 0.421 e. The van der Waals surface area contributed by atoms with Crippen molar-refractivity contribution in [2.24, 2.45) is 0 Å². The summed E-state index contributed by atoms with van der Waals surface area (Å²) in [5.74, 6) is -0.386. The molecule has 1 amide bonds. The number of carbonyl (C=O) groups is 1. The molecule has 0 spiro atoms. The Morgan fingerprint density at radius 3 is 2.68 bits per heavy atom. The number of hydrogen-bond donors (Lipinski definition) is 1. The number of nitrogens with zero attached hydrogens (tertiary/aromatic N) is 3. The molecule has 0 aliphatic carbocycles. The van der Waals surface area contributed by atoms with Gasteiger partial charge >= 0.3 is 12.3 Å². The fraction of sp³-hybridized carbons (Fsp3) is 0.667. The number of nitrogens with one attached hydrogen (secondary N) is 1. The summed E-state index contributed by atoms with van der Waals surface area (Å²) < 4.78 is 44.5. The van der Waals surface area contributed by atoms with E-state index in [0.29, 0.717) is 25.6 Å². The van der Waals surface area contributed by atoms with Gasteiger partial charge in [-0.1, -0.05) is 0 Å². The standard InChI is InChI=1S/C15H20ClF3N4O2/c1-14(2,3)25-13(24)23-6-4-5-9(8-23)21-11-10(15(17,18)19)7-20-12(16)22-11/h7,9H,4-6,8H2,1-3H3,(H,20,21,22). The normalized spacial score (nSPS) is 18.8. The van der Waals surface area contributed by atoms with Gasteiger partial charge in [-0.25, -0.2) is 14.8 Å². The van der Waals surface area contributed by atoms with Crippen LogP contribution in [0.4, 0.5) is 23.8 Å². The van der Waals surface area contributed by atoms with E-state index in [1.54, 1.807) is 20.8 Å². The minimum absolute atomic E-state index is 0.216. The van der Waals surface area contributed by atoms with E-state index in [-0.39, 0.29) is 17.6 Å². The topological polar surface area (TPSA) is 67.3 Å². The van der Waals surface area contributed by atoms with Gasteiger partial charge in [-0.15, -0.1) is 0 Å². The molecule has 1 aliphatic rings. The molecule has 2 rings (SSSR count). The van der Waals surface area contributed by atoms with Crippen molar-refractivity contribution in [2.75, 3.05) is 18.4 Å². The molecule has 1 fully saturated rings. The van der Waals surface area contributed by atoms with E-state index >= 15 is 0 Å². The predicted molar refractivity (Wildman–Crippen MR) is 86.5 cm³/mol. The van der Waals surface area contributed by atoms with Gasteiger partial charge < -0.3 is 15.0 Å². The highest BCUT2D eigenvalue weighted by Crippen LogP contribution is 2.34. The Morgan fingerprint density at radius 2 is 2.08 bits per heavy atom. The van der Waals surface area contributed by atoms with Gasteiger partial charge in [-0.2, -0.15) is 13.2 Å². The van der Waals surface area contributed by atoms with Gasteiger partial charge in [0.25, 0.3) is 0 Å². The molecule has 1 unspecified atom stereocenters. The maximum atomic E-state index is 13.1. The highest BCUT2D eigenvalue weighted by Gasteiger charge is 2.36.